The number of methoxy groups -OCH3 is 2. The van der Waals surface area contributed by atoms with Crippen LogP contribution >= 0.6 is 0 Å². The van der Waals surface area contributed by atoms with Gasteiger partial charge in [0.05, 0.1) is 13.7 Å². The van der Waals surface area contributed by atoms with E-state index in [0.717, 1.165) is 6.54 Å². The van der Waals surface area contributed by atoms with Gasteiger partial charge in [-0.15, -0.1) is 0 Å². The lowest BCUT2D eigenvalue weighted by atomic mass is 10.3. The third-order valence-electron chi connectivity index (χ3n) is 1.94. The van der Waals surface area contributed by atoms with Crippen LogP contribution in [0, 0.1) is 0 Å². The standard InChI is InChI=1S/C10H19NO3/c1-5-11(9(2)8-13-3)7-6-10(12)14-4/h6-7,9H,5,8H2,1-4H3. The highest BCUT2D eigenvalue weighted by Gasteiger charge is 2.07. The Bertz CT molecular complexity index is 192. The van der Waals surface area contributed by atoms with Gasteiger partial charge in [0.1, 0.15) is 0 Å². The summed E-state index contributed by atoms with van der Waals surface area (Å²) in [5, 5.41) is 0. The van der Waals surface area contributed by atoms with Gasteiger partial charge in [0, 0.05) is 32.0 Å². The molecule has 0 aliphatic heterocycles. The summed E-state index contributed by atoms with van der Waals surface area (Å²) >= 11 is 0. The molecule has 4 nitrogen and oxygen atoms in total. The van der Waals surface area contributed by atoms with Crippen molar-refractivity contribution in [1.82, 2.24) is 4.90 Å². The molecule has 0 spiro atoms. The summed E-state index contributed by atoms with van der Waals surface area (Å²) < 4.78 is 9.53. The molecule has 0 aromatic heterocycles. The van der Waals surface area contributed by atoms with Crippen LogP contribution in [0.25, 0.3) is 0 Å². The highest BCUT2D eigenvalue weighted by Crippen LogP contribution is 2.00. The molecule has 0 N–H and O–H groups in total. The van der Waals surface area contributed by atoms with E-state index in [2.05, 4.69) is 4.74 Å². The maximum atomic E-state index is 10.8. The number of carbonyl (C=O) groups excluding carboxylic acids is 1. The Kier molecular flexibility index (Phi) is 6.84. The molecule has 0 radical (unpaired) electrons. The van der Waals surface area contributed by atoms with Crippen molar-refractivity contribution < 1.29 is 14.3 Å². The molecule has 0 amide bonds. The minimum atomic E-state index is -0.340. The number of rotatable bonds is 6. The maximum Gasteiger partial charge on any atom is 0.331 e. The predicted molar refractivity (Wildman–Crippen MR) is 54.9 cm³/mol. The number of likely N-dealkylation sites (N-methyl/N-ethyl adjacent to an activating group) is 1. The molecule has 0 aliphatic rings. The van der Waals surface area contributed by atoms with Gasteiger partial charge < -0.3 is 14.4 Å². The molecule has 0 saturated heterocycles. The van der Waals surface area contributed by atoms with Gasteiger partial charge in [-0.2, -0.15) is 0 Å². The summed E-state index contributed by atoms with van der Waals surface area (Å²) in [6, 6.07) is 0.255. The van der Waals surface area contributed by atoms with Crippen molar-refractivity contribution in [1.29, 1.82) is 0 Å². The maximum absolute atomic E-state index is 10.8. The van der Waals surface area contributed by atoms with Crippen LogP contribution < -0.4 is 0 Å². The summed E-state index contributed by atoms with van der Waals surface area (Å²) in [7, 11) is 3.02. The zero-order chi connectivity index (χ0) is 11.0. The molecule has 0 rings (SSSR count). The average molecular weight is 201 g/mol. The molecule has 0 heterocycles. The van der Waals surface area contributed by atoms with Crippen molar-refractivity contribution in [3.63, 3.8) is 0 Å². The number of hydrogen-bond acceptors (Lipinski definition) is 4. The van der Waals surface area contributed by atoms with Crippen LogP contribution in [0.2, 0.25) is 0 Å². The molecule has 0 aromatic rings. The topological polar surface area (TPSA) is 38.8 Å². The summed E-state index contributed by atoms with van der Waals surface area (Å²) in [5.41, 5.74) is 0. The van der Waals surface area contributed by atoms with Gasteiger partial charge >= 0.3 is 5.97 Å². The minimum Gasteiger partial charge on any atom is -0.466 e. The van der Waals surface area contributed by atoms with Crippen molar-refractivity contribution in [2.75, 3.05) is 27.4 Å². The zero-order valence-corrected chi connectivity index (χ0v) is 9.32. The quantitative estimate of drug-likeness (QED) is 0.475. The van der Waals surface area contributed by atoms with Crippen molar-refractivity contribution in [2.24, 2.45) is 0 Å². The Hall–Kier alpha value is -1.03. The second-order valence-corrected chi connectivity index (χ2v) is 2.97. The minimum absolute atomic E-state index is 0.255. The van der Waals surface area contributed by atoms with E-state index in [1.54, 1.807) is 13.3 Å². The van der Waals surface area contributed by atoms with Crippen LogP contribution in [0.3, 0.4) is 0 Å². The van der Waals surface area contributed by atoms with Crippen LogP contribution in [0.15, 0.2) is 12.3 Å². The van der Waals surface area contributed by atoms with Gasteiger partial charge in [-0.05, 0) is 13.8 Å². The average Bonchev–Trinajstić information content (AvgIpc) is 2.18. The molecule has 14 heavy (non-hydrogen) atoms. The largest absolute Gasteiger partial charge is 0.466 e. The fourth-order valence-corrected chi connectivity index (χ4v) is 1.13. The molecule has 0 saturated carbocycles. The van der Waals surface area contributed by atoms with Crippen LogP contribution in [0.1, 0.15) is 13.8 Å². The van der Waals surface area contributed by atoms with Gasteiger partial charge in [0.15, 0.2) is 0 Å². The summed E-state index contributed by atoms with van der Waals surface area (Å²) in [6.07, 6.45) is 3.14. The van der Waals surface area contributed by atoms with E-state index < -0.39 is 0 Å². The summed E-state index contributed by atoms with van der Waals surface area (Å²) in [4.78, 5) is 12.9. The first-order valence-corrected chi connectivity index (χ1v) is 4.66. The normalized spacial score (nSPS) is 12.9. The number of carbonyl (C=O) groups is 1. The summed E-state index contributed by atoms with van der Waals surface area (Å²) in [5.74, 6) is -0.340. The number of nitrogens with zero attached hydrogens (tertiary/aromatic N) is 1. The van der Waals surface area contributed by atoms with Crippen molar-refractivity contribution in [3.05, 3.63) is 12.3 Å². The molecule has 0 aliphatic carbocycles. The zero-order valence-electron chi connectivity index (χ0n) is 9.32. The molecular weight excluding hydrogens is 182 g/mol. The number of hydrogen-bond donors (Lipinski definition) is 0. The van der Waals surface area contributed by atoms with Crippen molar-refractivity contribution in [3.8, 4) is 0 Å². The third kappa shape index (κ3) is 4.87. The highest BCUT2D eigenvalue weighted by atomic mass is 16.5. The Morgan fingerprint density at radius 3 is 2.57 bits per heavy atom. The van der Waals surface area contributed by atoms with Gasteiger partial charge in [-0.25, -0.2) is 4.79 Å². The molecular formula is C10H19NO3. The lowest BCUT2D eigenvalue weighted by Gasteiger charge is -2.25. The number of ether oxygens (including phenoxy) is 2. The Morgan fingerprint density at radius 2 is 2.14 bits per heavy atom. The molecule has 4 heteroatoms. The Labute approximate surface area is 85.5 Å². The number of esters is 1. The smallest absolute Gasteiger partial charge is 0.331 e. The Balaban J connectivity index is 4.13. The monoisotopic (exact) mass is 201 g/mol. The highest BCUT2D eigenvalue weighted by molar-refractivity contribution is 5.81. The van der Waals surface area contributed by atoms with E-state index in [-0.39, 0.29) is 12.0 Å². The third-order valence-corrected chi connectivity index (χ3v) is 1.94. The van der Waals surface area contributed by atoms with Crippen LogP contribution in [-0.2, 0) is 14.3 Å². The van der Waals surface area contributed by atoms with Crippen molar-refractivity contribution >= 4 is 5.97 Å². The SMILES string of the molecule is CCN(C=CC(=O)OC)C(C)COC. The van der Waals surface area contributed by atoms with Gasteiger partial charge in [-0.1, -0.05) is 0 Å². The van der Waals surface area contributed by atoms with Crippen LogP contribution in [0.4, 0.5) is 0 Å². The first kappa shape index (κ1) is 13.0. The van der Waals surface area contributed by atoms with Gasteiger partial charge in [0.25, 0.3) is 0 Å². The van der Waals surface area contributed by atoms with E-state index in [1.807, 2.05) is 18.7 Å². The van der Waals surface area contributed by atoms with E-state index in [0.29, 0.717) is 6.61 Å². The van der Waals surface area contributed by atoms with Crippen LogP contribution in [-0.4, -0.2) is 44.3 Å². The molecule has 82 valence electrons. The predicted octanol–water partition coefficient (Wildman–Crippen LogP) is 1.03. The van der Waals surface area contributed by atoms with Gasteiger partial charge in [0.2, 0.25) is 0 Å². The molecule has 0 aromatic carbocycles. The molecule has 0 fully saturated rings. The lowest BCUT2D eigenvalue weighted by Crippen LogP contribution is -2.31. The van der Waals surface area contributed by atoms with Crippen LogP contribution in [0.5, 0.6) is 0 Å². The molecule has 1 atom stereocenters. The molecule has 0 bridgehead atoms. The molecule has 1 unspecified atom stereocenters. The van der Waals surface area contributed by atoms with Gasteiger partial charge in [-0.3, -0.25) is 0 Å². The van der Waals surface area contributed by atoms with E-state index in [4.69, 9.17) is 4.74 Å². The van der Waals surface area contributed by atoms with Crippen molar-refractivity contribution in [2.45, 2.75) is 19.9 Å². The van der Waals surface area contributed by atoms with E-state index in [9.17, 15) is 4.79 Å². The second-order valence-electron chi connectivity index (χ2n) is 2.97. The first-order chi connectivity index (χ1) is 6.65. The van der Waals surface area contributed by atoms with E-state index in [1.165, 1.54) is 13.2 Å². The lowest BCUT2D eigenvalue weighted by molar-refractivity contribution is -0.134. The summed E-state index contributed by atoms with van der Waals surface area (Å²) in [6.45, 7) is 5.53. The van der Waals surface area contributed by atoms with E-state index >= 15 is 0 Å². The fourth-order valence-electron chi connectivity index (χ4n) is 1.13. The second kappa shape index (κ2) is 7.38. The Morgan fingerprint density at radius 1 is 1.50 bits per heavy atom. The fraction of sp³-hybridized carbons (Fsp3) is 0.700. The first-order valence-electron chi connectivity index (χ1n) is 4.66.